The lowest BCUT2D eigenvalue weighted by atomic mass is 10.2. The molecule has 1 unspecified atom stereocenters. The number of hydrogen-bond donors (Lipinski definition) is 1. The molecule has 1 amide bonds. The van der Waals surface area contributed by atoms with Crippen LogP contribution in [-0.2, 0) is 16.1 Å². The maximum Gasteiger partial charge on any atom is 0.224 e. The summed E-state index contributed by atoms with van der Waals surface area (Å²) < 4.78 is 6.91. The van der Waals surface area contributed by atoms with E-state index in [1.807, 2.05) is 0 Å². The molecule has 0 aliphatic carbocycles. The van der Waals surface area contributed by atoms with Gasteiger partial charge in [0.15, 0.2) is 0 Å². The minimum atomic E-state index is -0.251. The number of aromatic nitrogens is 3. The Kier molecular flexibility index (Phi) is 4.05. The fraction of sp³-hybridized carbons (Fsp3) is 0.700. The van der Waals surface area contributed by atoms with Crippen LogP contribution in [0.5, 0.6) is 0 Å². The van der Waals surface area contributed by atoms with Crippen LogP contribution in [0.15, 0.2) is 12.4 Å². The number of hydrogen-bond acceptors (Lipinski definition) is 5. The lowest BCUT2D eigenvalue weighted by Gasteiger charge is -2.32. The van der Waals surface area contributed by atoms with Gasteiger partial charge in [-0.2, -0.15) is 0 Å². The second-order valence-corrected chi connectivity index (χ2v) is 3.93. The highest BCUT2D eigenvalue weighted by Crippen LogP contribution is 2.06. The summed E-state index contributed by atoms with van der Waals surface area (Å²) in [4.78, 5) is 13.6. The zero-order valence-electron chi connectivity index (χ0n) is 9.53. The Morgan fingerprint density at radius 3 is 3.18 bits per heavy atom. The normalized spacial score (nSPS) is 20.5. The topological polar surface area (TPSA) is 80.5 Å². The van der Waals surface area contributed by atoms with Crippen molar-refractivity contribution in [3.8, 4) is 0 Å². The van der Waals surface area contributed by atoms with E-state index in [9.17, 15) is 4.79 Å². The molecule has 7 heteroatoms. The third-order valence-electron chi connectivity index (χ3n) is 2.72. The quantitative estimate of drug-likeness (QED) is 0.721. The molecule has 0 spiro atoms. The summed E-state index contributed by atoms with van der Waals surface area (Å²) in [7, 11) is 0. The first-order valence-corrected chi connectivity index (χ1v) is 5.64. The molecule has 1 aliphatic rings. The number of ether oxygens (including phenoxy) is 1. The summed E-state index contributed by atoms with van der Waals surface area (Å²) >= 11 is 0. The van der Waals surface area contributed by atoms with Crippen molar-refractivity contribution < 1.29 is 14.6 Å². The van der Waals surface area contributed by atoms with Crippen LogP contribution < -0.4 is 0 Å². The highest BCUT2D eigenvalue weighted by Gasteiger charge is 2.23. The van der Waals surface area contributed by atoms with Crippen molar-refractivity contribution in [3.63, 3.8) is 0 Å². The van der Waals surface area contributed by atoms with Gasteiger partial charge in [0, 0.05) is 25.7 Å². The lowest BCUT2D eigenvalue weighted by Crippen LogP contribution is -2.47. The fourth-order valence-corrected chi connectivity index (χ4v) is 1.78. The highest BCUT2D eigenvalue weighted by atomic mass is 16.5. The van der Waals surface area contributed by atoms with Crippen LogP contribution in [0.25, 0.3) is 0 Å². The van der Waals surface area contributed by atoms with E-state index in [1.54, 1.807) is 22.0 Å². The number of carbonyl (C=O) groups excluding carboxylic acids is 1. The fourth-order valence-electron chi connectivity index (χ4n) is 1.78. The van der Waals surface area contributed by atoms with Crippen LogP contribution in [0.3, 0.4) is 0 Å². The van der Waals surface area contributed by atoms with Crippen molar-refractivity contribution in [2.24, 2.45) is 0 Å². The van der Waals surface area contributed by atoms with Gasteiger partial charge < -0.3 is 14.7 Å². The number of nitrogens with zero attached hydrogens (tertiary/aromatic N) is 4. The van der Waals surface area contributed by atoms with E-state index in [4.69, 9.17) is 9.84 Å². The monoisotopic (exact) mass is 240 g/mol. The maximum atomic E-state index is 11.9. The molecule has 0 saturated carbocycles. The average Bonchev–Trinajstić information content (AvgIpc) is 2.89. The lowest BCUT2D eigenvalue weighted by molar-refractivity contribution is -0.140. The molecular weight excluding hydrogens is 224 g/mol. The Morgan fingerprint density at radius 1 is 1.59 bits per heavy atom. The van der Waals surface area contributed by atoms with E-state index in [2.05, 4.69) is 10.3 Å². The Bertz CT molecular complexity index is 354. The predicted octanol–water partition coefficient (Wildman–Crippen LogP) is -1.11. The van der Waals surface area contributed by atoms with Crippen molar-refractivity contribution in [2.75, 3.05) is 26.3 Å². The van der Waals surface area contributed by atoms with Crippen LogP contribution in [-0.4, -0.2) is 63.3 Å². The summed E-state index contributed by atoms with van der Waals surface area (Å²) in [6, 6.07) is 0. The van der Waals surface area contributed by atoms with E-state index < -0.39 is 0 Å². The van der Waals surface area contributed by atoms with E-state index in [1.165, 1.54) is 0 Å². The molecular formula is C10H16N4O3. The molecule has 2 rings (SSSR count). The molecule has 1 N–H and O–H groups in total. The SMILES string of the molecule is O=C(CCn1ccnn1)N1CCOC(CO)C1. The Morgan fingerprint density at radius 2 is 2.47 bits per heavy atom. The Hall–Kier alpha value is -1.47. The zero-order valence-corrected chi connectivity index (χ0v) is 9.53. The second-order valence-electron chi connectivity index (χ2n) is 3.93. The largest absolute Gasteiger partial charge is 0.394 e. The van der Waals surface area contributed by atoms with Gasteiger partial charge in [0.2, 0.25) is 5.91 Å². The van der Waals surface area contributed by atoms with Gasteiger partial charge in [-0.3, -0.25) is 9.48 Å². The first kappa shape index (κ1) is 12.0. The van der Waals surface area contributed by atoms with Crippen molar-refractivity contribution in [1.82, 2.24) is 19.9 Å². The molecule has 0 radical (unpaired) electrons. The van der Waals surface area contributed by atoms with Gasteiger partial charge in [-0.25, -0.2) is 0 Å². The number of carbonyl (C=O) groups is 1. The van der Waals surface area contributed by atoms with Crippen LogP contribution in [0, 0.1) is 0 Å². The van der Waals surface area contributed by atoms with Crippen LogP contribution >= 0.6 is 0 Å². The number of aryl methyl sites for hydroxylation is 1. The third-order valence-corrected chi connectivity index (χ3v) is 2.72. The van der Waals surface area contributed by atoms with Crippen LogP contribution in [0.1, 0.15) is 6.42 Å². The Labute approximate surface area is 99.0 Å². The van der Waals surface area contributed by atoms with E-state index in [0.29, 0.717) is 32.7 Å². The minimum absolute atomic E-state index is 0.0488. The van der Waals surface area contributed by atoms with Crippen molar-refractivity contribution in [1.29, 1.82) is 0 Å². The highest BCUT2D eigenvalue weighted by molar-refractivity contribution is 5.76. The van der Waals surface area contributed by atoms with E-state index in [-0.39, 0.29) is 18.6 Å². The van der Waals surface area contributed by atoms with Crippen LogP contribution in [0.2, 0.25) is 0 Å². The molecule has 1 atom stereocenters. The van der Waals surface area contributed by atoms with Crippen LogP contribution in [0.4, 0.5) is 0 Å². The van der Waals surface area contributed by atoms with Gasteiger partial charge in [0.25, 0.3) is 0 Å². The van der Waals surface area contributed by atoms with Gasteiger partial charge in [0.05, 0.1) is 32.1 Å². The molecule has 7 nitrogen and oxygen atoms in total. The first-order chi connectivity index (χ1) is 8.29. The van der Waals surface area contributed by atoms with Gasteiger partial charge in [0.1, 0.15) is 0 Å². The smallest absolute Gasteiger partial charge is 0.224 e. The number of morpholine rings is 1. The van der Waals surface area contributed by atoms with E-state index >= 15 is 0 Å². The first-order valence-electron chi connectivity index (χ1n) is 5.64. The molecule has 1 saturated heterocycles. The van der Waals surface area contributed by atoms with Crippen molar-refractivity contribution in [2.45, 2.75) is 19.1 Å². The number of rotatable bonds is 4. The zero-order chi connectivity index (χ0) is 12.1. The minimum Gasteiger partial charge on any atom is -0.394 e. The molecule has 0 bridgehead atoms. The standard InChI is InChI=1S/C10H16N4O3/c15-8-9-7-13(5-6-17-9)10(16)1-3-14-4-2-11-12-14/h2,4,9,15H,1,3,5-8H2. The average molecular weight is 240 g/mol. The molecule has 0 aromatic carbocycles. The van der Waals surface area contributed by atoms with Gasteiger partial charge in [-0.05, 0) is 0 Å². The molecule has 17 heavy (non-hydrogen) atoms. The number of aliphatic hydroxyl groups excluding tert-OH is 1. The summed E-state index contributed by atoms with van der Waals surface area (Å²) in [5.74, 6) is 0.0576. The van der Waals surface area contributed by atoms with E-state index in [0.717, 1.165) is 0 Å². The van der Waals surface area contributed by atoms with Crippen molar-refractivity contribution in [3.05, 3.63) is 12.4 Å². The molecule has 2 heterocycles. The molecule has 1 fully saturated rings. The summed E-state index contributed by atoms with van der Waals surface area (Å²) in [5, 5.41) is 16.5. The predicted molar refractivity (Wildman–Crippen MR) is 58.0 cm³/mol. The Balaban J connectivity index is 1.79. The van der Waals surface area contributed by atoms with Gasteiger partial charge in [-0.15, -0.1) is 5.10 Å². The molecule has 1 aliphatic heterocycles. The maximum absolute atomic E-state index is 11.9. The summed E-state index contributed by atoms with van der Waals surface area (Å²) in [5.41, 5.74) is 0. The van der Waals surface area contributed by atoms with Gasteiger partial charge >= 0.3 is 0 Å². The third kappa shape index (κ3) is 3.24. The molecule has 94 valence electrons. The second kappa shape index (κ2) is 5.74. The van der Waals surface area contributed by atoms with Crippen molar-refractivity contribution >= 4 is 5.91 Å². The molecule has 1 aromatic rings. The van der Waals surface area contributed by atoms with Gasteiger partial charge in [-0.1, -0.05) is 5.21 Å². The molecule has 1 aromatic heterocycles. The summed E-state index contributed by atoms with van der Waals surface area (Å²) in [6.45, 7) is 2.02. The number of aliphatic hydroxyl groups is 1. The number of amides is 1. The summed E-state index contributed by atoms with van der Waals surface area (Å²) in [6.07, 6.45) is 3.45.